The summed E-state index contributed by atoms with van der Waals surface area (Å²) in [5, 5.41) is 2.92. The highest BCUT2D eigenvalue weighted by Crippen LogP contribution is 2.10. The number of halogens is 1. The zero-order chi connectivity index (χ0) is 12.7. The summed E-state index contributed by atoms with van der Waals surface area (Å²) >= 11 is 5.73. The summed E-state index contributed by atoms with van der Waals surface area (Å²) in [5.74, 6) is 0.405. The van der Waals surface area contributed by atoms with Crippen LogP contribution in [-0.4, -0.2) is 53.1 Å². The molecular formula is C10H18ClN5O. The highest BCUT2D eigenvalue weighted by atomic mass is 35.5. The summed E-state index contributed by atoms with van der Waals surface area (Å²) in [7, 11) is 1.71. The van der Waals surface area contributed by atoms with Gasteiger partial charge >= 0.3 is 6.01 Å². The van der Waals surface area contributed by atoms with Crippen LogP contribution in [0.2, 0.25) is 5.28 Å². The molecule has 17 heavy (non-hydrogen) atoms. The minimum absolute atomic E-state index is 0.127. The van der Waals surface area contributed by atoms with E-state index < -0.39 is 0 Å². The largest absolute Gasteiger partial charge is 0.462 e. The van der Waals surface area contributed by atoms with E-state index in [2.05, 4.69) is 39.0 Å². The molecule has 0 amide bonds. The first-order valence-corrected chi connectivity index (χ1v) is 6.01. The Kier molecular flexibility index (Phi) is 5.93. The third kappa shape index (κ3) is 4.70. The van der Waals surface area contributed by atoms with Crippen LogP contribution < -0.4 is 10.1 Å². The van der Waals surface area contributed by atoms with E-state index in [0.29, 0.717) is 12.6 Å². The molecule has 0 spiro atoms. The SMILES string of the molecule is CCN(CC)CCOc1nc(Cl)nc(NC)n1. The number of hydrogen-bond acceptors (Lipinski definition) is 6. The van der Waals surface area contributed by atoms with Gasteiger partial charge in [-0.25, -0.2) is 0 Å². The van der Waals surface area contributed by atoms with Gasteiger partial charge in [-0.05, 0) is 24.7 Å². The predicted molar refractivity (Wildman–Crippen MR) is 67.7 cm³/mol. The lowest BCUT2D eigenvalue weighted by atomic mass is 10.5. The summed E-state index contributed by atoms with van der Waals surface area (Å²) < 4.78 is 5.44. The van der Waals surface area contributed by atoms with Crippen molar-refractivity contribution in [3.05, 3.63) is 5.28 Å². The lowest BCUT2D eigenvalue weighted by molar-refractivity contribution is 0.212. The fourth-order valence-corrected chi connectivity index (χ4v) is 1.47. The van der Waals surface area contributed by atoms with Gasteiger partial charge in [0.2, 0.25) is 11.2 Å². The predicted octanol–water partition coefficient (Wildman–Crippen LogP) is 1.29. The number of nitrogens with zero attached hydrogens (tertiary/aromatic N) is 4. The van der Waals surface area contributed by atoms with Gasteiger partial charge in [-0.3, -0.25) is 0 Å². The van der Waals surface area contributed by atoms with E-state index in [1.807, 2.05) is 0 Å². The number of aromatic nitrogens is 3. The zero-order valence-electron chi connectivity index (χ0n) is 10.4. The van der Waals surface area contributed by atoms with Gasteiger partial charge in [0.15, 0.2) is 0 Å². The summed E-state index contributed by atoms with van der Waals surface area (Å²) in [5.41, 5.74) is 0. The molecule has 0 aliphatic carbocycles. The van der Waals surface area contributed by atoms with Crippen molar-refractivity contribution >= 4 is 17.5 Å². The van der Waals surface area contributed by atoms with Crippen LogP contribution >= 0.6 is 11.6 Å². The van der Waals surface area contributed by atoms with Crippen LogP contribution in [0.1, 0.15) is 13.8 Å². The molecule has 0 saturated heterocycles. The molecule has 1 N–H and O–H groups in total. The van der Waals surface area contributed by atoms with Crippen molar-refractivity contribution in [1.29, 1.82) is 0 Å². The van der Waals surface area contributed by atoms with E-state index in [0.717, 1.165) is 19.6 Å². The molecule has 0 aliphatic rings. The van der Waals surface area contributed by atoms with E-state index >= 15 is 0 Å². The van der Waals surface area contributed by atoms with Crippen molar-refractivity contribution in [2.75, 3.05) is 38.6 Å². The van der Waals surface area contributed by atoms with Crippen LogP contribution in [0.5, 0.6) is 6.01 Å². The van der Waals surface area contributed by atoms with Gasteiger partial charge in [0.25, 0.3) is 0 Å². The molecule has 0 fully saturated rings. The van der Waals surface area contributed by atoms with Crippen molar-refractivity contribution in [3.8, 4) is 6.01 Å². The molecule has 6 nitrogen and oxygen atoms in total. The van der Waals surface area contributed by atoms with Crippen LogP contribution in [0.4, 0.5) is 5.95 Å². The van der Waals surface area contributed by atoms with E-state index in [1.165, 1.54) is 0 Å². The molecule has 0 atom stereocenters. The van der Waals surface area contributed by atoms with Crippen LogP contribution in [0.25, 0.3) is 0 Å². The number of hydrogen-bond donors (Lipinski definition) is 1. The van der Waals surface area contributed by atoms with Gasteiger partial charge in [0.05, 0.1) is 0 Å². The second-order valence-electron chi connectivity index (χ2n) is 3.34. The highest BCUT2D eigenvalue weighted by molar-refractivity contribution is 6.28. The minimum Gasteiger partial charge on any atom is -0.462 e. The summed E-state index contributed by atoms with van der Waals surface area (Å²) in [6.45, 7) is 7.60. The Hall–Kier alpha value is -1.14. The Morgan fingerprint density at radius 2 is 1.94 bits per heavy atom. The molecule has 0 saturated carbocycles. The average molecular weight is 260 g/mol. The molecule has 1 rings (SSSR count). The van der Waals surface area contributed by atoms with Crippen molar-refractivity contribution in [2.24, 2.45) is 0 Å². The third-order valence-corrected chi connectivity index (χ3v) is 2.51. The Morgan fingerprint density at radius 3 is 2.53 bits per heavy atom. The van der Waals surface area contributed by atoms with Crippen molar-refractivity contribution in [3.63, 3.8) is 0 Å². The molecule has 0 bridgehead atoms. The normalized spacial score (nSPS) is 10.6. The maximum atomic E-state index is 5.73. The first kappa shape index (κ1) is 13.9. The van der Waals surface area contributed by atoms with Gasteiger partial charge in [-0.15, -0.1) is 0 Å². The molecule has 0 aromatic carbocycles. The van der Waals surface area contributed by atoms with Gasteiger partial charge < -0.3 is 15.0 Å². The highest BCUT2D eigenvalue weighted by Gasteiger charge is 2.05. The number of anilines is 1. The lowest BCUT2D eigenvalue weighted by Gasteiger charge is -2.17. The first-order chi connectivity index (χ1) is 8.19. The maximum absolute atomic E-state index is 5.73. The molecular weight excluding hydrogens is 242 g/mol. The van der Waals surface area contributed by atoms with Crippen LogP contribution in [-0.2, 0) is 0 Å². The average Bonchev–Trinajstić information content (AvgIpc) is 2.34. The van der Waals surface area contributed by atoms with Crippen molar-refractivity contribution in [1.82, 2.24) is 19.9 Å². The Bertz CT molecular complexity index is 345. The Balaban J connectivity index is 2.48. The van der Waals surface area contributed by atoms with Gasteiger partial charge in [0, 0.05) is 13.6 Å². The standard InChI is InChI=1S/C10H18ClN5O/c1-4-16(5-2)6-7-17-10-14-8(11)13-9(12-3)15-10/h4-7H2,1-3H3,(H,12,13,14,15). The van der Waals surface area contributed by atoms with Crippen LogP contribution in [0.3, 0.4) is 0 Å². The molecule has 0 unspecified atom stereocenters. The Labute approximate surface area is 106 Å². The third-order valence-electron chi connectivity index (χ3n) is 2.34. The molecule has 0 aliphatic heterocycles. The smallest absolute Gasteiger partial charge is 0.322 e. The summed E-state index contributed by atoms with van der Waals surface area (Å²) in [6.07, 6.45) is 0. The van der Waals surface area contributed by atoms with Crippen LogP contribution in [0, 0.1) is 0 Å². The number of rotatable bonds is 7. The number of likely N-dealkylation sites (N-methyl/N-ethyl adjacent to an activating group) is 1. The minimum atomic E-state index is 0.127. The van der Waals surface area contributed by atoms with E-state index in [1.54, 1.807) is 7.05 Å². The quantitative estimate of drug-likeness (QED) is 0.796. The van der Waals surface area contributed by atoms with Crippen molar-refractivity contribution < 1.29 is 4.74 Å². The fourth-order valence-electron chi connectivity index (χ4n) is 1.31. The van der Waals surface area contributed by atoms with E-state index in [4.69, 9.17) is 16.3 Å². The lowest BCUT2D eigenvalue weighted by Crippen LogP contribution is -2.28. The summed E-state index contributed by atoms with van der Waals surface area (Å²) in [4.78, 5) is 14.1. The van der Waals surface area contributed by atoms with Gasteiger partial charge in [0.1, 0.15) is 6.61 Å². The van der Waals surface area contributed by atoms with Crippen molar-refractivity contribution in [2.45, 2.75) is 13.8 Å². The number of ether oxygens (including phenoxy) is 1. The topological polar surface area (TPSA) is 63.2 Å². The molecule has 96 valence electrons. The van der Waals surface area contributed by atoms with E-state index in [-0.39, 0.29) is 11.3 Å². The van der Waals surface area contributed by atoms with Gasteiger partial charge in [-0.1, -0.05) is 13.8 Å². The molecule has 1 aromatic rings. The molecule has 0 radical (unpaired) electrons. The van der Waals surface area contributed by atoms with E-state index in [9.17, 15) is 0 Å². The fraction of sp³-hybridized carbons (Fsp3) is 0.700. The Morgan fingerprint density at radius 1 is 1.24 bits per heavy atom. The molecule has 7 heteroatoms. The number of nitrogens with one attached hydrogen (secondary N) is 1. The molecule has 1 aromatic heterocycles. The molecule has 1 heterocycles. The second kappa shape index (κ2) is 7.24. The zero-order valence-corrected chi connectivity index (χ0v) is 11.2. The second-order valence-corrected chi connectivity index (χ2v) is 3.67. The first-order valence-electron chi connectivity index (χ1n) is 5.64. The monoisotopic (exact) mass is 259 g/mol. The van der Waals surface area contributed by atoms with Gasteiger partial charge in [-0.2, -0.15) is 15.0 Å². The maximum Gasteiger partial charge on any atom is 0.322 e. The summed E-state index contributed by atoms with van der Waals surface area (Å²) in [6, 6.07) is 0.251. The van der Waals surface area contributed by atoms with Crippen LogP contribution in [0.15, 0.2) is 0 Å².